The predicted molar refractivity (Wildman–Crippen MR) is 39.9 cm³/mol. The lowest BCUT2D eigenvalue weighted by Gasteiger charge is -2.11. The molecule has 0 amide bonds. The van der Waals surface area contributed by atoms with Gasteiger partial charge in [0.05, 0.1) is 5.69 Å². The zero-order valence-corrected chi connectivity index (χ0v) is 6.16. The molecule has 1 aliphatic heterocycles. The van der Waals surface area contributed by atoms with Gasteiger partial charge in [0.15, 0.2) is 0 Å². The molecule has 0 aliphatic carbocycles. The summed E-state index contributed by atoms with van der Waals surface area (Å²) in [5.41, 5.74) is 6.78. The van der Waals surface area contributed by atoms with Crippen molar-refractivity contribution in [2.75, 3.05) is 6.61 Å². The molecule has 2 rings (SSSR count). The van der Waals surface area contributed by atoms with Gasteiger partial charge in [-0.2, -0.15) is 5.10 Å². The third kappa shape index (κ3) is 1.15. The van der Waals surface area contributed by atoms with Gasteiger partial charge in [-0.1, -0.05) is 0 Å². The molecule has 2 heterocycles. The van der Waals surface area contributed by atoms with Gasteiger partial charge in [0, 0.05) is 18.8 Å². The van der Waals surface area contributed by atoms with Gasteiger partial charge < -0.3 is 10.5 Å². The monoisotopic (exact) mass is 153 g/mol. The van der Waals surface area contributed by atoms with E-state index in [-0.39, 0.29) is 12.1 Å². The van der Waals surface area contributed by atoms with Gasteiger partial charge in [-0.3, -0.25) is 5.10 Å². The van der Waals surface area contributed by atoms with Crippen molar-refractivity contribution in [3.63, 3.8) is 0 Å². The SMILES string of the molecule is N[C@@H]1CCO[C@H]1c1ccn[nH]1. The molecule has 1 fully saturated rings. The molecule has 1 aliphatic rings. The number of aromatic nitrogens is 2. The highest BCUT2D eigenvalue weighted by Gasteiger charge is 2.26. The predicted octanol–water partition coefficient (Wildman–Crippen LogP) is 0.198. The van der Waals surface area contributed by atoms with E-state index < -0.39 is 0 Å². The van der Waals surface area contributed by atoms with Crippen molar-refractivity contribution in [3.05, 3.63) is 18.0 Å². The maximum absolute atomic E-state index is 5.80. The van der Waals surface area contributed by atoms with Crippen LogP contribution in [-0.2, 0) is 4.74 Å². The van der Waals surface area contributed by atoms with Crippen molar-refractivity contribution in [2.45, 2.75) is 18.6 Å². The Morgan fingerprint density at radius 1 is 1.73 bits per heavy atom. The van der Waals surface area contributed by atoms with Crippen LogP contribution in [0.4, 0.5) is 0 Å². The lowest BCUT2D eigenvalue weighted by molar-refractivity contribution is 0.101. The van der Waals surface area contributed by atoms with Gasteiger partial charge in [-0.25, -0.2) is 0 Å². The molecule has 0 unspecified atom stereocenters. The van der Waals surface area contributed by atoms with E-state index in [0.717, 1.165) is 18.7 Å². The summed E-state index contributed by atoms with van der Waals surface area (Å²) in [4.78, 5) is 0. The third-order valence-electron chi connectivity index (χ3n) is 1.97. The lowest BCUT2D eigenvalue weighted by Crippen LogP contribution is -2.23. The van der Waals surface area contributed by atoms with Crippen molar-refractivity contribution in [3.8, 4) is 0 Å². The zero-order chi connectivity index (χ0) is 7.68. The fraction of sp³-hybridized carbons (Fsp3) is 0.571. The Bertz CT molecular complexity index is 222. The van der Waals surface area contributed by atoms with E-state index in [1.807, 2.05) is 6.07 Å². The highest BCUT2D eigenvalue weighted by molar-refractivity contribution is 5.06. The Labute approximate surface area is 64.7 Å². The molecule has 1 aromatic heterocycles. The van der Waals surface area contributed by atoms with Crippen LogP contribution in [0.1, 0.15) is 18.2 Å². The first-order valence-electron chi connectivity index (χ1n) is 3.74. The maximum atomic E-state index is 5.80. The van der Waals surface area contributed by atoms with Crippen LogP contribution in [0, 0.1) is 0 Å². The molecule has 4 heteroatoms. The standard InChI is InChI=1S/C7H11N3O/c8-5-2-4-11-7(5)6-1-3-9-10-6/h1,3,5,7H,2,4,8H2,(H,9,10)/t5-,7-/m1/s1. The van der Waals surface area contributed by atoms with Gasteiger partial charge >= 0.3 is 0 Å². The van der Waals surface area contributed by atoms with E-state index in [4.69, 9.17) is 10.5 Å². The maximum Gasteiger partial charge on any atom is 0.114 e. The summed E-state index contributed by atoms with van der Waals surface area (Å²) in [5, 5.41) is 6.70. The number of H-pyrrole nitrogens is 1. The minimum absolute atomic E-state index is 0.0255. The molecule has 0 saturated carbocycles. The van der Waals surface area contributed by atoms with Crippen LogP contribution in [0.5, 0.6) is 0 Å². The number of hydrogen-bond donors (Lipinski definition) is 2. The van der Waals surface area contributed by atoms with Crippen LogP contribution in [0.15, 0.2) is 12.3 Å². The molecule has 1 aromatic rings. The Balaban J connectivity index is 2.16. The van der Waals surface area contributed by atoms with Crippen molar-refractivity contribution in [1.29, 1.82) is 0 Å². The summed E-state index contributed by atoms with van der Waals surface area (Å²) in [6, 6.07) is 2.02. The normalized spacial score (nSPS) is 31.0. The lowest BCUT2D eigenvalue weighted by atomic mass is 10.1. The highest BCUT2D eigenvalue weighted by atomic mass is 16.5. The molecular formula is C7H11N3O. The quantitative estimate of drug-likeness (QED) is 0.605. The second-order valence-electron chi connectivity index (χ2n) is 2.76. The van der Waals surface area contributed by atoms with Gasteiger partial charge in [-0.05, 0) is 12.5 Å². The molecular weight excluding hydrogens is 142 g/mol. The highest BCUT2D eigenvalue weighted by Crippen LogP contribution is 2.25. The first kappa shape index (κ1) is 6.82. The van der Waals surface area contributed by atoms with E-state index >= 15 is 0 Å². The molecule has 0 spiro atoms. The topological polar surface area (TPSA) is 63.9 Å². The molecule has 0 radical (unpaired) electrons. The molecule has 4 nitrogen and oxygen atoms in total. The van der Waals surface area contributed by atoms with Crippen molar-refractivity contribution in [2.24, 2.45) is 5.73 Å². The van der Waals surface area contributed by atoms with Gasteiger partial charge in [-0.15, -0.1) is 0 Å². The van der Waals surface area contributed by atoms with Gasteiger partial charge in [0.2, 0.25) is 0 Å². The first-order valence-corrected chi connectivity index (χ1v) is 3.74. The molecule has 0 aromatic carbocycles. The van der Waals surface area contributed by atoms with Gasteiger partial charge in [0.25, 0.3) is 0 Å². The number of nitrogens with one attached hydrogen (secondary N) is 1. The number of rotatable bonds is 1. The minimum atomic E-state index is 0.0255. The van der Waals surface area contributed by atoms with Crippen LogP contribution in [-0.4, -0.2) is 22.8 Å². The van der Waals surface area contributed by atoms with Gasteiger partial charge in [0.1, 0.15) is 6.10 Å². The van der Waals surface area contributed by atoms with Crippen molar-refractivity contribution < 1.29 is 4.74 Å². The first-order chi connectivity index (χ1) is 5.38. The Kier molecular flexibility index (Phi) is 1.63. The van der Waals surface area contributed by atoms with E-state index in [2.05, 4.69) is 10.2 Å². The zero-order valence-electron chi connectivity index (χ0n) is 6.16. The van der Waals surface area contributed by atoms with Crippen molar-refractivity contribution >= 4 is 0 Å². The summed E-state index contributed by atoms with van der Waals surface area (Å²) in [7, 11) is 0. The Morgan fingerprint density at radius 3 is 3.18 bits per heavy atom. The third-order valence-corrected chi connectivity index (χ3v) is 1.97. The summed E-state index contributed by atoms with van der Waals surface area (Å²) in [6.07, 6.45) is 2.67. The van der Waals surface area contributed by atoms with Crippen LogP contribution in [0.3, 0.4) is 0 Å². The Hall–Kier alpha value is -0.870. The van der Waals surface area contributed by atoms with Crippen LogP contribution in [0.25, 0.3) is 0 Å². The molecule has 1 saturated heterocycles. The van der Waals surface area contributed by atoms with Crippen molar-refractivity contribution in [1.82, 2.24) is 10.2 Å². The van der Waals surface area contributed by atoms with E-state index in [1.165, 1.54) is 0 Å². The molecule has 3 N–H and O–H groups in total. The van der Waals surface area contributed by atoms with Crippen LogP contribution in [0.2, 0.25) is 0 Å². The Morgan fingerprint density at radius 2 is 2.64 bits per heavy atom. The number of aromatic amines is 1. The smallest absolute Gasteiger partial charge is 0.114 e. The average molecular weight is 153 g/mol. The number of nitrogens with two attached hydrogens (primary N) is 1. The average Bonchev–Trinajstić information content (AvgIpc) is 2.55. The molecule has 60 valence electrons. The van der Waals surface area contributed by atoms with E-state index in [9.17, 15) is 0 Å². The number of hydrogen-bond acceptors (Lipinski definition) is 3. The van der Waals surface area contributed by atoms with E-state index in [0.29, 0.717) is 0 Å². The number of ether oxygens (including phenoxy) is 1. The second kappa shape index (κ2) is 2.64. The molecule has 0 bridgehead atoms. The molecule has 2 atom stereocenters. The minimum Gasteiger partial charge on any atom is -0.370 e. The summed E-state index contributed by atoms with van der Waals surface area (Å²) >= 11 is 0. The van der Waals surface area contributed by atoms with Crippen LogP contribution >= 0.6 is 0 Å². The molecule has 11 heavy (non-hydrogen) atoms. The summed E-state index contributed by atoms with van der Waals surface area (Å²) < 4.78 is 5.41. The summed E-state index contributed by atoms with van der Waals surface area (Å²) in [6.45, 7) is 0.755. The van der Waals surface area contributed by atoms with E-state index in [1.54, 1.807) is 6.20 Å². The fourth-order valence-electron chi connectivity index (χ4n) is 1.35. The number of nitrogens with zero attached hydrogens (tertiary/aromatic N) is 1. The largest absolute Gasteiger partial charge is 0.370 e. The summed E-state index contributed by atoms with van der Waals surface area (Å²) in [5.74, 6) is 0. The fourth-order valence-corrected chi connectivity index (χ4v) is 1.35. The second-order valence-corrected chi connectivity index (χ2v) is 2.76. The van der Waals surface area contributed by atoms with Crippen LogP contribution < -0.4 is 5.73 Å².